The number of alkyl halides is 3. The summed E-state index contributed by atoms with van der Waals surface area (Å²) in [5, 5.41) is 8.28. The molecule has 0 fully saturated rings. The number of aromatic carboxylic acids is 1. The van der Waals surface area contributed by atoms with Crippen LogP contribution in [-0.2, 0) is 42.4 Å². The van der Waals surface area contributed by atoms with Crippen LogP contribution in [0.3, 0.4) is 0 Å². The Kier molecular flexibility index (Phi) is 21.5. The minimum Gasteiger partial charge on any atom is -0.478 e. The lowest BCUT2D eigenvalue weighted by atomic mass is 10.2. The summed E-state index contributed by atoms with van der Waals surface area (Å²) in [6.45, 7) is 3.38. The Morgan fingerprint density at radius 1 is 0.525 bits per heavy atom. The number of carboxylic acid groups (broad SMARTS) is 1. The second kappa shape index (κ2) is 23.3. The Morgan fingerprint density at radius 2 is 0.984 bits per heavy atom. The van der Waals surface area contributed by atoms with Gasteiger partial charge in [0.15, 0.2) is 0 Å². The fourth-order valence-electron chi connectivity index (χ4n) is 3.81. The molecular weight excluding hydrogens is 1080 g/mol. The van der Waals surface area contributed by atoms with Crippen molar-refractivity contribution in [1.82, 2.24) is 0 Å². The molecule has 27 heteroatoms. The monoisotopic (exact) mass is 1090 g/mol. The molecule has 5 rings (SSSR count). The fraction of sp³-hybridized carbons (Fsp3) is 0.0882. The van der Waals surface area contributed by atoms with Crippen molar-refractivity contribution in [2.75, 3.05) is 0 Å². The predicted molar refractivity (Wildman–Crippen MR) is 226 cm³/mol. The van der Waals surface area contributed by atoms with Gasteiger partial charge in [0.2, 0.25) is 0 Å². The smallest absolute Gasteiger partial charge is 0.416 e. The van der Waals surface area contributed by atoms with E-state index in [2.05, 4.69) is 0 Å². The van der Waals surface area contributed by atoms with E-state index < -0.39 is 80.4 Å². The van der Waals surface area contributed by atoms with Gasteiger partial charge in [0.05, 0.1) is 26.1 Å². The molecule has 0 spiro atoms. The molecular formula is C34H23Cl8F5O10S4. The van der Waals surface area contributed by atoms with Gasteiger partial charge in [-0.1, -0.05) is 64.6 Å². The first-order valence-electron chi connectivity index (χ1n) is 15.2. The average Bonchev–Trinajstić information content (AvgIpc) is 3.10. The van der Waals surface area contributed by atoms with E-state index in [0.717, 1.165) is 30.3 Å². The number of carboxylic acids is 1. The Balaban J connectivity index is 0.000000384. The Labute approximate surface area is 384 Å². The minimum absolute atomic E-state index is 0.121. The highest BCUT2D eigenvalue weighted by atomic mass is 35.7. The summed E-state index contributed by atoms with van der Waals surface area (Å²) in [5.74, 6) is -2.39. The molecule has 0 bridgehead atoms. The number of hydrogen-bond acceptors (Lipinski definition) is 9. The van der Waals surface area contributed by atoms with Crippen LogP contribution in [0.15, 0.2) is 117 Å². The predicted octanol–water partition coefficient (Wildman–Crippen LogP) is 12.4. The van der Waals surface area contributed by atoms with E-state index in [1.807, 2.05) is 0 Å². The van der Waals surface area contributed by atoms with Gasteiger partial charge in [-0.15, -0.1) is 0 Å². The fourth-order valence-corrected chi connectivity index (χ4v) is 9.49. The van der Waals surface area contributed by atoms with Gasteiger partial charge in [-0.3, -0.25) is 0 Å². The zero-order valence-electron chi connectivity index (χ0n) is 29.9. The van der Waals surface area contributed by atoms with E-state index in [0.29, 0.717) is 39.9 Å². The maximum Gasteiger partial charge on any atom is 0.416 e. The number of benzene rings is 5. The molecule has 0 saturated heterocycles. The van der Waals surface area contributed by atoms with Crippen LogP contribution >= 0.6 is 89.1 Å². The highest BCUT2D eigenvalue weighted by Gasteiger charge is 2.32. The van der Waals surface area contributed by atoms with Gasteiger partial charge in [0.25, 0.3) is 36.2 Å². The third-order valence-electron chi connectivity index (χ3n) is 6.57. The van der Waals surface area contributed by atoms with Crippen LogP contribution in [0.2, 0.25) is 20.1 Å². The molecule has 0 aromatic heterocycles. The van der Waals surface area contributed by atoms with E-state index in [1.165, 1.54) is 12.1 Å². The lowest BCUT2D eigenvalue weighted by Gasteiger charge is -2.07. The number of rotatable bonds is 5. The van der Waals surface area contributed by atoms with Crippen LogP contribution in [0.25, 0.3) is 0 Å². The Bertz CT molecular complexity index is 2820. The molecule has 0 aliphatic rings. The highest BCUT2D eigenvalue weighted by molar-refractivity contribution is 8.14. The van der Waals surface area contributed by atoms with E-state index in [4.69, 9.17) is 94.2 Å². The molecule has 61 heavy (non-hydrogen) atoms. The molecule has 0 amide bonds. The maximum atomic E-state index is 12.7. The number of halogens is 13. The van der Waals surface area contributed by atoms with Crippen LogP contribution in [0.4, 0.5) is 22.0 Å². The standard InChI is InChI=1S/C8H8Cl2O2S.C7H3Cl2F3O2S.C7H6O2.2C6H3Cl2FO2S/c1-5-4-8(13(10,11)12)6(2)3-7(5)9;8-5-3-4(7(10,11)12)1-2-6(5)15(9,13)14;8-7(9)6-4-2-1-3-5-6;7-5-3-4(9)1-2-6(5)12(8,10)11;7-4-1-2-5(9)6(3-4)12(8,10)11/h3-4H,1-2H3;1-3H;1-5H,(H,8,9);2*1-3H. The lowest BCUT2D eigenvalue weighted by Crippen LogP contribution is -2.05. The summed E-state index contributed by atoms with van der Waals surface area (Å²) in [6.07, 6.45) is -4.57. The first-order valence-corrected chi connectivity index (χ1v) is 25.9. The molecule has 0 aliphatic heterocycles. The van der Waals surface area contributed by atoms with Gasteiger partial charge < -0.3 is 5.11 Å². The molecule has 0 radical (unpaired) electrons. The van der Waals surface area contributed by atoms with E-state index in [-0.39, 0.29) is 19.8 Å². The molecule has 0 unspecified atom stereocenters. The normalized spacial score (nSPS) is 11.5. The van der Waals surface area contributed by atoms with Gasteiger partial charge in [-0.25, -0.2) is 47.2 Å². The van der Waals surface area contributed by atoms with E-state index >= 15 is 0 Å². The summed E-state index contributed by atoms with van der Waals surface area (Å²) < 4.78 is 148. The van der Waals surface area contributed by atoms with Crippen molar-refractivity contribution in [3.63, 3.8) is 0 Å². The summed E-state index contributed by atoms with van der Waals surface area (Å²) in [6, 6.07) is 19.2. The number of hydrogen-bond donors (Lipinski definition) is 1. The minimum atomic E-state index is -4.57. The molecule has 10 nitrogen and oxygen atoms in total. The van der Waals surface area contributed by atoms with Gasteiger partial charge in [-0.2, -0.15) is 13.2 Å². The molecule has 334 valence electrons. The van der Waals surface area contributed by atoms with Crippen molar-refractivity contribution in [2.24, 2.45) is 0 Å². The second-order valence-corrected chi connectivity index (χ2v) is 22.9. The number of aryl methyl sites for hydroxylation is 2. The molecule has 0 aliphatic carbocycles. The third kappa shape index (κ3) is 19.7. The van der Waals surface area contributed by atoms with E-state index in [9.17, 15) is 60.4 Å². The molecule has 0 saturated carbocycles. The van der Waals surface area contributed by atoms with Gasteiger partial charge in [-0.05, 0) is 104 Å². The zero-order chi connectivity index (χ0) is 47.5. The SMILES string of the molecule is Cc1cc(S(=O)(=O)Cl)c(C)cc1Cl.O=C(O)c1ccccc1.O=S(=O)(Cl)c1cc(Cl)ccc1F.O=S(=O)(Cl)c1ccc(C(F)(F)F)cc1Cl.O=S(=O)(Cl)c1ccc(F)cc1Cl. The van der Waals surface area contributed by atoms with Crippen LogP contribution in [0.1, 0.15) is 27.0 Å². The summed E-state index contributed by atoms with van der Waals surface area (Å²) in [5.41, 5.74) is 0.561. The topological polar surface area (TPSA) is 174 Å². The first kappa shape index (κ1) is 56.4. The summed E-state index contributed by atoms with van der Waals surface area (Å²) in [7, 11) is 4.34. The molecule has 5 aromatic carbocycles. The average molecular weight is 1100 g/mol. The van der Waals surface area contributed by atoms with Crippen molar-refractivity contribution < 1.29 is 65.5 Å². The lowest BCUT2D eigenvalue weighted by molar-refractivity contribution is -0.137. The van der Waals surface area contributed by atoms with Crippen molar-refractivity contribution >= 4 is 131 Å². The molecule has 1 N–H and O–H groups in total. The molecule has 0 atom stereocenters. The van der Waals surface area contributed by atoms with Gasteiger partial charge in [0, 0.05) is 52.8 Å². The highest BCUT2D eigenvalue weighted by Crippen LogP contribution is 2.34. The van der Waals surface area contributed by atoms with Crippen LogP contribution in [0.5, 0.6) is 0 Å². The zero-order valence-corrected chi connectivity index (χ0v) is 39.2. The van der Waals surface area contributed by atoms with E-state index in [1.54, 1.807) is 50.2 Å². The van der Waals surface area contributed by atoms with Crippen molar-refractivity contribution in [1.29, 1.82) is 0 Å². The quantitative estimate of drug-likeness (QED) is 0.132. The van der Waals surface area contributed by atoms with Gasteiger partial charge in [0.1, 0.15) is 26.3 Å². The summed E-state index contributed by atoms with van der Waals surface area (Å²) >= 11 is 22.0. The Hall–Kier alpha value is -2.66. The van der Waals surface area contributed by atoms with Crippen LogP contribution in [-0.4, -0.2) is 44.7 Å². The maximum absolute atomic E-state index is 12.7. The molecule has 0 heterocycles. The second-order valence-electron chi connectivity index (χ2n) is 11.1. The van der Waals surface area contributed by atoms with Gasteiger partial charge >= 0.3 is 12.1 Å². The van der Waals surface area contributed by atoms with Crippen molar-refractivity contribution in [3.8, 4) is 0 Å². The Morgan fingerprint density at radius 3 is 1.36 bits per heavy atom. The largest absolute Gasteiger partial charge is 0.478 e. The molecule has 5 aromatic rings. The van der Waals surface area contributed by atoms with Crippen LogP contribution in [0, 0.1) is 25.5 Å². The van der Waals surface area contributed by atoms with Crippen molar-refractivity contribution in [2.45, 2.75) is 39.6 Å². The number of carbonyl (C=O) groups is 1. The summed E-state index contributed by atoms with van der Waals surface area (Å²) in [4.78, 5) is 8.89. The third-order valence-corrected chi connectivity index (χ3v) is 13.6. The van der Waals surface area contributed by atoms with Crippen molar-refractivity contribution in [3.05, 3.63) is 151 Å². The van der Waals surface area contributed by atoms with Crippen LogP contribution < -0.4 is 0 Å². The first-order chi connectivity index (χ1) is 27.6.